The number of nitrogens with two attached hydrogens (primary N) is 2. The fourth-order valence-electron chi connectivity index (χ4n) is 2.47. The Labute approximate surface area is 169 Å². The van der Waals surface area contributed by atoms with Gasteiger partial charge < -0.3 is 11.5 Å². The van der Waals surface area contributed by atoms with Crippen molar-refractivity contribution in [1.29, 1.82) is 0 Å². The van der Waals surface area contributed by atoms with Gasteiger partial charge >= 0.3 is 0 Å². The lowest BCUT2D eigenvalue weighted by Crippen LogP contribution is -2.26. The van der Waals surface area contributed by atoms with Gasteiger partial charge in [0, 0.05) is 24.3 Å². The van der Waals surface area contributed by atoms with Gasteiger partial charge in [0.1, 0.15) is 11.6 Å². The van der Waals surface area contributed by atoms with E-state index in [2.05, 4.69) is 0 Å². The summed E-state index contributed by atoms with van der Waals surface area (Å²) < 4.78 is 0. The van der Waals surface area contributed by atoms with Crippen LogP contribution in [-0.2, 0) is 9.59 Å². The molecule has 6 heteroatoms. The standard InChI is InChI=1S/C20H40N2O2S2/c1-17(21)19(23)11-15-25-13-9-7-5-3-4-6-8-10-14-26-16-12-20(24)18(2)22/h17-18H,3-16,21-22H2,1-2H3. The number of unbranched alkanes of at least 4 members (excludes halogenated alkanes) is 7. The Kier molecular flexibility index (Phi) is 18.3. The summed E-state index contributed by atoms with van der Waals surface area (Å²) in [6.07, 6.45) is 11.7. The first-order valence-corrected chi connectivity index (χ1v) is 12.5. The van der Waals surface area contributed by atoms with Crippen molar-refractivity contribution in [3.63, 3.8) is 0 Å². The number of hydrogen-bond donors (Lipinski definition) is 2. The minimum Gasteiger partial charge on any atom is -0.322 e. The van der Waals surface area contributed by atoms with Gasteiger partial charge in [-0.25, -0.2) is 0 Å². The molecule has 0 saturated carbocycles. The van der Waals surface area contributed by atoms with Crippen LogP contribution < -0.4 is 11.5 Å². The number of Topliss-reactive ketones (excluding diaryl/α,β-unsaturated/α-hetero) is 2. The molecule has 0 heterocycles. The summed E-state index contributed by atoms with van der Waals surface area (Å²) in [5, 5.41) is 0. The van der Waals surface area contributed by atoms with Gasteiger partial charge in [0.05, 0.1) is 12.1 Å². The highest BCUT2D eigenvalue weighted by Gasteiger charge is 2.07. The van der Waals surface area contributed by atoms with E-state index >= 15 is 0 Å². The molecule has 0 bridgehead atoms. The Hall–Kier alpha value is -0.0400. The number of thioether (sulfide) groups is 2. The van der Waals surface area contributed by atoms with Crippen molar-refractivity contribution in [3.8, 4) is 0 Å². The third-order valence-corrected chi connectivity index (χ3v) is 6.47. The molecule has 0 aliphatic carbocycles. The van der Waals surface area contributed by atoms with Gasteiger partial charge in [0.2, 0.25) is 0 Å². The van der Waals surface area contributed by atoms with Crippen molar-refractivity contribution < 1.29 is 9.59 Å². The highest BCUT2D eigenvalue weighted by atomic mass is 32.2. The van der Waals surface area contributed by atoms with E-state index in [4.69, 9.17) is 11.5 Å². The molecule has 4 N–H and O–H groups in total. The molecule has 0 aromatic carbocycles. The van der Waals surface area contributed by atoms with Crippen LogP contribution in [0.1, 0.15) is 78.1 Å². The number of carbonyl (C=O) groups is 2. The molecule has 0 spiro atoms. The van der Waals surface area contributed by atoms with E-state index in [-0.39, 0.29) is 23.7 Å². The first kappa shape index (κ1) is 26.0. The zero-order valence-corrected chi connectivity index (χ0v) is 18.5. The van der Waals surface area contributed by atoms with Crippen molar-refractivity contribution in [2.24, 2.45) is 11.5 Å². The lowest BCUT2D eigenvalue weighted by atomic mass is 10.1. The Morgan fingerprint density at radius 3 is 1.23 bits per heavy atom. The normalized spacial score (nSPS) is 13.5. The van der Waals surface area contributed by atoms with Crippen LogP contribution in [-0.4, -0.2) is 46.7 Å². The Morgan fingerprint density at radius 1 is 0.615 bits per heavy atom. The maximum Gasteiger partial charge on any atom is 0.150 e. The number of ketones is 2. The fourth-order valence-corrected chi connectivity index (χ4v) is 4.39. The lowest BCUT2D eigenvalue weighted by Gasteiger charge is -2.05. The van der Waals surface area contributed by atoms with E-state index in [1.54, 1.807) is 13.8 Å². The maximum atomic E-state index is 11.4. The quantitative estimate of drug-likeness (QED) is 0.314. The monoisotopic (exact) mass is 404 g/mol. The van der Waals surface area contributed by atoms with Crippen molar-refractivity contribution in [3.05, 3.63) is 0 Å². The zero-order chi connectivity index (χ0) is 19.6. The average Bonchev–Trinajstić information content (AvgIpc) is 2.60. The molecule has 2 atom stereocenters. The van der Waals surface area contributed by atoms with Gasteiger partial charge in [-0.3, -0.25) is 9.59 Å². The minimum absolute atomic E-state index is 0.176. The smallest absolute Gasteiger partial charge is 0.150 e. The van der Waals surface area contributed by atoms with Crippen LogP contribution in [0.25, 0.3) is 0 Å². The summed E-state index contributed by atoms with van der Waals surface area (Å²) in [6, 6.07) is -0.614. The number of carbonyl (C=O) groups excluding carboxylic acids is 2. The van der Waals surface area contributed by atoms with E-state index in [0.29, 0.717) is 12.8 Å². The van der Waals surface area contributed by atoms with Crippen LogP contribution in [0.4, 0.5) is 0 Å². The SMILES string of the molecule is CC(N)C(=O)CCSCCCCCCCCCCSCCC(=O)C(C)N. The predicted octanol–water partition coefficient (Wildman–Crippen LogP) is 4.19. The molecule has 4 nitrogen and oxygen atoms in total. The first-order chi connectivity index (χ1) is 12.4. The summed E-state index contributed by atoms with van der Waals surface area (Å²) in [4.78, 5) is 22.7. The Balaban J connectivity index is 3.14. The predicted molar refractivity (Wildman–Crippen MR) is 118 cm³/mol. The highest BCUT2D eigenvalue weighted by Crippen LogP contribution is 2.14. The van der Waals surface area contributed by atoms with Gasteiger partial charge in [-0.15, -0.1) is 0 Å². The molecule has 26 heavy (non-hydrogen) atoms. The molecule has 0 rings (SSSR count). The largest absolute Gasteiger partial charge is 0.322 e. The second-order valence-corrected chi connectivity index (χ2v) is 9.51. The molecular weight excluding hydrogens is 364 g/mol. The molecule has 154 valence electrons. The zero-order valence-electron chi connectivity index (χ0n) is 16.8. The summed E-state index contributed by atoms with van der Waals surface area (Å²) in [6.45, 7) is 3.52. The Bertz CT molecular complexity index is 330. The van der Waals surface area contributed by atoms with Gasteiger partial charge in [-0.1, -0.05) is 38.5 Å². The van der Waals surface area contributed by atoms with Crippen LogP contribution in [0.3, 0.4) is 0 Å². The van der Waals surface area contributed by atoms with Gasteiger partial charge in [-0.05, 0) is 38.2 Å². The second-order valence-electron chi connectivity index (χ2n) is 7.06. The van der Waals surface area contributed by atoms with Crippen molar-refractivity contribution in [2.75, 3.05) is 23.0 Å². The molecular formula is C20H40N2O2S2. The van der Waals surface area contributed by atoms with Gasteiger partial charge in [0.25, 0.3) is 0 Å². The molecule has 0 fully saturated rings. The molecule has 2 unspecified atom stereocenters. The van der Waals surface area contributed by atoms with Crippen LogP contribution in [0.5, 0.6) is 0 Å². The average molecular weight is 405 g/mol. The Morgan fingerprint density at radius 2 is 0.923 bits per heavy atom. The molecule has 0 saturated heterocycles. The molecule has 0 aliphatic heterocycles. The van der Waals surface area contributed by atoms with Gasteiger partial charge in [0.15, 0.2) is 0 Å². The summed E-state index contributed by atoms with van der Waals surface area (Å²) in [7, 11) is 0. The summed E-state index contributed by atoms with van der Waals surface area (Å²) >= 11 is 3.75. The number of hydrogen-bond acceptors (Lipinski definition) is 6. The minimum atomic E-state index is -0.307. The van der Waals surface area contributed by atoms with Crippen LogP contribution in [0.15, 0.2) is 0 Å². The first-order valence-electron chi connectivity index (χ1n) is 10.2. The molecule has 0 aromatic rings. The molecule has 0 aromatic heterocycles. The van der Waals surface area contributed by atoms with E-state index in [0.717, 1.165) is 23.0 Å². The molecule has 0 radical (unpaired) electrons. The van der Waals surface area contributed by atoms with Crippen LogP contribution in [0.2, 0.25) is 0 Å². The summed E-state index contributed by atoms with van der Waals surface area (Å²) in [5.41, 5.74) is 11.1. The van der Waals surface area contributed by atoms with Crippen molar-refractivity contribution in [1.82, 2.24) is 0 Å². The lowest BCUT2D eigenvalue weighted by molar-refractivity contribution is -0.120. The van der Waals surface area contributed by atoms with Crippen LogP contribution in [0, 0.1) is 0 Å². The van der Waals surface area contributed by atoms with E-state index in [9.17, 15) is 9.59 Å². The highest BCUT2D eigenvalue weighted by molar-refractivity contribution is 7.99. The summed E-state index contributed by atoms with van der Waals surface area (Å²) in [5.74, 6) is 4.50. The second kappa shape index (κ2) is 18.3. The topological polar surface area (TPSA) is 86.2 Å². The maximum absolute atomic E-state index is 11.4. The molecule has 0 amide bonds. The van der Waals surface area contributed by atoms with E-state index in [1.165, 1.54) is 51.4 Å². The number of rotatable bonds is 19. The fraction of sp³-hybridized carbons (Fsp3) is 0.900. The molecule has 0 aliphatic rings. The van der Waals surface area contributed by atoms with Crippen molar-refractivity contribution in [2.45, 2.75) is 90.1 Å². The third kappa shape index (κ3) is 17.4. The van der Waals surface area contributed by atoms with E-state index in [1.807, 2.05) is 23.5 Å². The van der Waals surface area contributed by atoms with Crippen LogP contribution >= 0.6 is 23.5 Å². The van der Waals surface area contributed by atoms with Gasteiger partial charge in [-0.2, -0.15) is 23.5 Å². The third-order valence-electron chi connectivity index (χ3n) is 4.33. The van der Waals surface area contributed by atoms with Crippen molar-refractivity contribution >= 4 is 35.1 Å². The van der Waals surface area contributed by atoms with E-state index < -0.39 is 0 Å².